The van der Waals surface area contributed by atoms with Gasteiger partial charge < -0.3 is 19.7 Å². The van der Waals surface area contributed by atoms with Gasteiger partial charge >= 0.3 is 6.01 Å². The van der Waals surface area contributed by atoms with Crippen molar-refractivity contribution in [3.63, 3.8) is 0 Å². The highest BCUT2D eigenvalue weighted by molar-refractivity contribution is 5.89. The molecule has 26 heavy (non-hydrogen) atoms. The molecule has 0 radical (unpaired) electrons. The van der Waals surface area contributed by atoms with E-state index in [1.807, 2.05) is 6.92 Å². The Bertz CT molecular complexity index is 780. The van der Waals surface area contributed by atoms with E-state index in [9.17, 15) is 0 Å². The van der Waals surface area contributed by atoms with Gasteiger partial charge in [0.15, 0.2) is 0 Å². The van der Waals surface area contributed by atoms with Crippen molar-refractivity contribution in [3.8, 4) is 6.01 Å². The second kappa shape index (κ2) is 7.30. The molecule has 4 heterocycles. The van der Waals surface area contributed by atoms with Crippen LogP contribution in [0.1, 0.15) is 5.69 Å². The number of piperazine rings is 1. The maximum Gasteiger partial charge on any atom is 0.319 e. The van der Waals surface area contributed by atoms with E-state index in [-0.39, 0.29) is 12.2 Å². The number of hydrogen-bond donors (Lipinski definition) is 1. The van der Waals surface area contributed by atoms with Crippen molar-refractivity contribution in [2.75, 3.05) is 58.3 Å². The number of fused-ring (bicyclic) bond motifs is 1. The summed E-state index contributed by atoms with van der Waals surface area (Å²) >= 11 is 0. The predicted molar refractivity (Wildman–Crippen MR) is 99.9 cm³/mol. The Morgan fingerprint density at radius 2 is 1.92 bits per heavy atom. The van der Waals surface area contributed by atoms with Crippen molar-refractivity contribution >= 4 is 16.7 Å². The minimum atomic E-state index is -0.0725. The topological polar surface area (TPSA) is 75.6 Å². The molecule has 2 atom stereocenters. The second-order valence-corrected chi connectivity index (χ2v) is 7.06. The average molecular weight is 358 g/mol. The maximum absolute atomic E-state index is 6.16. The summed E-state index contributed by atoms with van der Waals surface area (Å²) in [6, 6.07) is 2.46. The molecule has 1 N–H and O–H groups in total. The summed E-state index contributed by atoms with van der Waals surface area (Å²) in [6.45, 7) is 7.37. The summed E-state index contributed by atoms with van der Waals surface area (Å²) in [5.74, 6) is 0.928. The molecule has 0 saturated carbocycles. The van der Waals surface area contributed by atoms with Crippen LogP contribution in [0.25, 0.3) is 10.9 Å². The normalized spacial score (nSPS) is 24.3. The molecule has 2 aliphatic rings. The summed E-state index contributed by atoms with van der Waals surface area (Å²) in [6.07, 6.45) is 1.76. The van der Waals surface area contributed by atoms with Gasteiger partial charge in [0.1, 0.15) is 18.0 Å². The third-order valence-electron chi connectivity index (χ3n) is 5.05. The third-order valence-corrected chi connectivity index (χ3v) is 5.05. The van der Waals surface area contributed by atoms with E-state index in [1.54, 1.807) is 13.3 Å². The third kappa shape index (κ3) is 3.44. The van der Waals surface area contributed by atoms with Crippen molar-refractivity contribution in [1.82, 2.24) is 25.2 Å². The summed E-state index contributed by atoms with van der Waals surface area (Å²) < 4.78 is 11.7. The molecular formula is C18H26N6O2. The van der Waals surface area contributed by atoms with Gasteiger partial charge in [0.2, 0.25) is 0 Å². The van der Waals surface area contributed by atoms with Crippen LogP contribution in [0.2, 0.25) is 0 Å². The van der Waals surface area contributed by atoms with E-state index in [1.165, 1.54) is 0 Å². The van der Waals surface area contributed by atoms with Gasteiger partial charge in [-0.05, 0) is 20.0 Å². The SMILES string of the molecule is CO[C@@H]1CN(C)C[C@H]1Oc1nc(N2CCNCC2)c2cc(C)ncc2n1. The molecule has 4 rings (SSSR count). The average Bonchev–Trinajstić information content (AvgIpc) is 3.01. The van der Waals surface area contributed by atoms with Gasteiger partial charge in [-0.3, -0.25) is 9.88 Å². The number of pyridine rings is 1. The number of likely N-dealkylation sites (N-methyl/N-ethyl adjacent to an activating group) is 1. The van der Waals surface area contributed by atoms with E-state index in [0.29, 0.717) is 6.01 Å². The molecule has 0 aromatic carbocycles. The lowest BCUT2D eigenvalue weighted by Crippen LogP contribution is -2.44. The fraction of sp³-hybridized carbons (Fsp3) is 0.611. The molecule has 0 aliphatic carbocycles. The number of ether oxygens (including phenoxy) is 2. The highest BCUT2D eigenvalue weighted by Crippen LogP contribution is 2.28. The maximum atomic E-state index is 6.16. The van der Waals surface area contributed by atoms with Crippen LogP contribution in [0.3, 0.4) is 0 Å². The number of nitrogens with one attached hydrogen (secondary N) is 1. The monoisotopic (exact) mass is 358 g/mol. The molecule has 0 unspecified atom stereocenters. The molecule has 8 nitrogen and oxygen atoms in total. The molecule has 0 bridgehead atoms. The Morgan fingerprint density at radius 1 is 1.15 bits per heavy atom. The van der Waals surface area contributed by atoms with Gasteiger partial charge in [0, 0.05) is 57.5 Å². The van der Waals surface area contributed by atoms with Crippen LogP contribution < -0.4 is 15.0 Å². The van der Waals surface area contributed by atoms with Crippen LogP contribution in [0.4, 0.5) is 5.82 Å². The van der Waals surface area contributed by atoms with Gasteiger partial charge in [-0.15, -0.1) is 0 Å². The predicted octanol–water partition coefficient (Wildman–Crippen LogP) is 0.451. The number of likely N-dealkylation sites (tertiary alicyclic amines) is 1. The lowest BCUT2D eigenvalue weighted by molar-refractivity contribution is 0.0300. The number of anilines is 1. The lowest BCUT2D eigenvalue weighted by Gasteiger charge is -2.29. The molecular weight excluding hydrogens is 332 g/mol. The van der Waals surface area contributed by atoms with Crippen molar-refractivity contribution in [1.29, 1.82) is 0 Å². The van der Waals surface area contributed by atoms with Crippen molar-refractivity contribution in [2.45, 2.75) is 19.1 Å². The molecule has 0 amide bonds. The Balaban J connectivity index is 1.70. The molecule has 2 saturated heterocycles. The number of rotatable bonds is 4. The van der Waals surface area contributed by atoms with Gasteiger partial charge in [-0.1, -0.05) is 0 Å². The first kappa shape index (κ1) is 17.4. The number of aromatic nitrogens is 3. The zero-order valence-electron chi connectivity index (χ0n) is 15.6. The lowest BCUT2D eigenvalue weighted by atomic mass is 10.2. The van der Waals surface area contributed by atoms with Crippen LogP contribution in [-0.2, 0) is 4.74 Å². The summed E-state index contributed by atoms with van der Waals surface area (Å²) in [7, 11) is 3.79. The van der Waals surface area contributed by atoms with Crippen LogP contribution >= 0.6 is 0 Å². The van der Waals surface area contributed by atoms with E-state index in [2.05, 4.69) is 38.2 Å². The van der Waals surface area contributed by atoms with E-state index in [4.69, 9.17) is 14.5 Å². The number of hydrogen-bond acceptors (Lipinski definition) is 8. The fourth-order valence-electron chi connectivity index (χ4n) is 3.67. The summed E-state index contributed by atoms with van der Waals surface area (Å²) in [5, 5.41) is 4.41. The Kier molecular flexibility index (Phi) is 4.88. The molecule has 2 aromatic heterocycles. The number of aryl methyl sites for hydroxylation is 1. The molecule has 2 aliphatic heterocycles. The van der Waals surface area contributed by atoms with Gasteiger partial charge in [-0.2, -0.15) is 9.97 Å². The van der Waals surface area contributed by atoms with Crippen molar-refractivity contribution in [2.24, 2.45) is 0 Å². The Labute approximate surface area is 153 Å². The highest BCUT2D eigenvalue weighted by atomic mass is 16.5. The molecule has 2 fully saturated rings. The van der Waals surface area contributed by atoms with E-state index < -0.39 is 0 Å². The van der Waals surface area contributed by atoms with Crippen LogP contribution in [0.5, 0.6) is 6.01 Å². The van der Waals surface area contributed by atoms with E-state index in [0.717, 1.165) is 61.7 Å². The van der Waals surface area contributed by atoms with Crippen LogP contribution in [0.15, 0.2) is 12.3 Å². The second-order valence-electron chi connectivity index (χ2n) is 7.06. The largest absolute Gasteiger partial charge is 0.456 e. The number of nitrogens with zero attached hydrogens (tertiary/aromatic N) is 5. The smallest absolute Gasteiger partial charge is 0.319 e. The zero-order valence-corrected chi connectivity index (χ0v) is 15.6. The zero-order chi connectivity index (χ0) is 18.1. The first-order valence-corrected chi connectivity index (χ1v) is 9.12. The van der Waals surface area contributed by atoms with Gasteiger partial charge in [-0.25, -0.2) is 0 Å². The Morgan fingerprint density at radius 3 is 2.69 bits per heavy atom. The highest BCUT2D eigenvalue weighted by Gasteiger charge is 2.33. The summed E-state index contributed by atoms with van der Waals surface area (Å²) in [5.41, 5.74) is 1.78. The van der Waals surface area contributed by atoms with E-state index >= 15 is 0 Å². The molecule has 0 spiro atoms. The molecule has 2 aromatic rings. The van der Waals surface area contributed by atoms with Crippen LogP contribution in [0, 0.1) is 6.92 Å². The molecule has 8 heteroatoms. The van der Waals surface area contributed by atoms with Crippen molar-refractivity contribution < 1.29 is 9.47 Å². The van der Waals surface area contributed by atoms with Crippen molar-refractivity contribution in [3.05, 3.63) is 18.0 Å². The summed E-state index contributed by atoms with van der Waals surface area (Å²) in [4.78, 5) is 18.3. The van der Waals surface area contributed by atoms with Crippen LogP contribution in [-0.4, -0.2) is 85.5 Å². The first-order valence-electron chi connectivity index (χ1n) is 9.12. The Hall–Kier alpha value is -2.03. The van der Waals surface area contributed by atoms with Gasteiger partial charge in [0.25, 0.3) is 0 Å². The number of methoxy groups -OCH3 is 1. The standard InChI is InChI=1S/C18H26N6O2/c1-12-8-13-14(9-20-12)21-18(22-17(13)24-6-4-19-5-7-24)26-16-11-23(2)10-15(16)25-3/h8-9,15-16,19H,4-7,10-11H2,1-3H3/t15-,16-/m1/s1. The minimum Gasteiger partial charge on any atom is -0.456 e. The fourth-order valence-corrected chi connectivity index (χ4v) is 3.67. The first-order chi connectivity index (χ1) is 12.6. The van der Waals surface area contributed by atoms with Gasteiger partial charge in [0.05, 0.1) is 11.7 Å². The molecule has 140 valence electrons. The minimum absolute atomic E-state index is 0.0260. The quantitative estimate of drug-likeness (QED) is 0.844.